The molecule has 0 radical (unpaired) electrons. The zero-order chi connectivity index (χ0) is 14.6. The van der Waals surface area contributed by atoms with Crippen LogP contribution in [0.25, 0.3) is 0 Å². The number of hydrogen-bond donors (Lipinski definition) is 2. The molecule has 0 saturated carbocycles. The van der Waals surface area contributed by atoms with Crippen LogP contribution in [0.2, 0.25) is 5.02 Å². The van der Waals surface area contributed by atoms with E-state index in [1.807, 2.05) is 38.1 Å². The molecule has 0 aliphatic heterocycles. The molecule has 19 heavy (non-hydrogen) atoms. The molecule has 1 amide bonds. The van der Waals surface area contributed by atoms with E-state index in [0.717, 1.165) is 5.56 Å². The first-order valence-electron chi connectivity index (χ1n) is 6.53. The average Bonchev–Trinajstić information content (AvgIpc) is 2.35. The lowest BCUT2D eigenvalue weighted by Gasteiger charge is -2.27. The molecule has 0 aliphatic rings. The molecule has 1 aromatic rings. The van der Waals surface area contributed by atoms with E-state index in [0.29, 0.717) is 11.6 Å². The summed E-state index contributed by atoms with van der Waals surface area (Å²) in [6.07, 6.45) is 0. The van der Waals surface area contributed by atoms with Gasteiger partial charge in [-0.05, 0) is 24.6 Å². The van der Waals surface area contributed by atoms with Crippen molar-refractivity contribution in [2.45, 2.75) is 39.2 Å². The van der Waals surface area contributed by atoms with E-state index in [9.17, 15) is 4.79 Å². The van der Waals surface area contributed by atoms with Crippen molar-refractivity contribution >= 4 is 17.5 Å². The molecule has 4 heteroatoms. The van der Waals surface area contributed by atoms with E-state index in [1.165, 1.54) is 0 Å². The number of hydrogen-bond acceptors (Lipinski definition) is 2. The molecule has 2 unspecified atom stereocenters. The third kappa shape index (κ3) is 4.51. The summed E-state index contributed by atoms with van der Waals surface area (Å²) in [5.74, 6) is -0.194. The molecule has 0 heterocycles. The quantitative estimate of drug-likeness (QED) is 0.872. The molecule has 106 valence electrons. The Balaban J connectivity index is 2.68. The first-order chi connectivity index (χ1) is 8.74. The first-order valence-corrected chi connectivity index (χ1v) is 6.91. The summed E-state index contributed by atoms with van der Waals surface area (Å²) in [5.41, 5.74) is 6.67. The molecule has 3 N–H and O–H groups in total. The number of carbonyl (C=O) groups is 1. The normalized spacial score (nSPS) is 14.8. The standard InChI is InChI=1S/C15H23ClN2O/c1-10(11(2)17)14(19)18-9-15(3,4)12-6-5-7-13(16)8-12/h5-8,10-11H,9,17H2,1-4H3,(H,18,19). The number of amides is 1. The van der Waals surface area contributed by atoms with Crippen LogP contribution in [0.5, 0.6) is 0 Å². The van der Waals surface area contributed by atoms with Crippen LogP contribution in [0.15, 0.2) is 24.3 Å². The second kappa shape index (κ2) is 6.40. The predicted octanol–water partition coefficient (Wildman–Crippen LogP) is 2.72. The molecule has 0 saturated heterocycles. The van der Waals surface area contributed by atoms with Gasteiger partial charge in [-0.25, -0.2) is 0 Å². The molecule has 0 aliphatic carbocycles. The minimum absolute atomic E-state index is 0.00916. The number of halogens is 1. The highest BCUT2D eigenvalue weighted by Gasteiger charge is 2.24. The van der Waals surface area contributed by atoms with Gasteiger partial charge in [-0.15, -0.1) is 0 Å². The van der Waals surface area contributed by atoms with E-state index in [1.54, 1.807) is 0 Å². The summed E-state index contributed by atoms with van der Waals surface area (Å²) >= 11 is 6.00. The third-order valence-electron chi connectivity index (χ3n) is 3.51. The predicted molar refractivity (Wildman–Crippen MR) is 80.3 cm³/mol. The van der Waals surface area contributed by atoms with Crippen LogP contribution < -0.4 is 11.1 Å². The van der Waals surface area contributed by atoms with Crippen molar-refractivity contribution in [3.05, 3.63) is 34.9 Å². The van der Waals surface area contributed by atoms with Gasteiger partial charge >= 0.3 is 0 Å². The Labute approximate surface area is 120 Å². The van der Waals surface area contributed by atoms with Gasteiger partial charge in [0.15, 0.2) is 0 Å². The van der Waals surface area contributed by atoms with Crippen molar-refractivity contribution in [1.82, 2.24) is 5.32 Å². The lowest BCUT2D eigenvalue weighted by Crippen LogP contribution is -2.43. The Morgan fingerprint density at radius 2 is 2.05 bits per heavy atom. The Kier molecular flexibility index (Phi) is 5.39. The second-order valence-electron chi connectivity index (χ2n) is 5.76. The van der Waals surface area contributed by atoms with Crippen molar-refractivity contribution in [2.24, 2.45) is 11.7 Å². The Hall–Kier alpha value is -1.06. The molecular formula is C15H23ClN2O. The fourth-order valence-corrected chi connectivity index (χ4v) is 1.91. The van der Waals surface area contributed by atoms with E-state index >= 15 is 0 Å². The topological polar surface area (TPSA) is 55.1 Å². The van der Waals surface area contributed by atoms with Crippen LogP contribution >= 0.6 is 11.6 Å². The number of nitrogens with two attached hydrogens (primary N) is 1. The van der Waals surface area contributed by atoms with Crippen molar-refractivity contribution in [3.63, 3.8) is 0 Å². The van der Waals surface area contributed by atoms with E-state index in [4.69, 9.17) is 17.3 Å². The zero-order valence-corrected chi connectivity index (χ0v) is 12.8. The average molecular weight is 283 g/mol. The molecule has 1 rings (SSSR count). The molecule has 3 nitrogen and oxygen atoms in total. The van der Waals surface area contributed by atoms with Gasteiger partial charge in [0, 0.05) is 28.9 Å². The monoisotopic (exact) mass is 282 g/mol. The summed E-state index contributed by atoms with van der Waals surface area (Å²) < 4.78 is 0. The van der Waals surface area contributed by atoms with Crippen LogP contribution in [0.3, 0.4) is 0 Å². The van der Waals surface area contributed by atoms with Crippen LogP contribution in [0, 0.1) is 5.92 Å². The molecule has 0 bridgehead atoms. The minimum atomic E-state index is -0.185. The van der Waals surface area contributed by atoms with Crippen molar-refractivity contribution in [2.75, 3.05) is 6.54 Å². The highest BCUT2D eigenvalue weighted by Crippen LogP contribution is 2.24. The van der Waals surface area contributed by atoms with Crippen LogP contribution in [-0.4, -0.2) is 18.5 Å². The van der Waals surface area contributed by atoms with Gasteiger partial charge in [0.1, 0.15) is 0 Å². The third-order valence-corrected chi connectivity index (χ3v) is 3.75. The molecule has 0 spiro atoms. The number of carbonyl (C=O) groups excluding carboxylic acids is 1. The van der Waals surface area contributed by atoms with Gasteiger partial charge in [0.05, 0.1) is 0 Å². The lowest BCUT2D eigenvalue weighted by atomic mass is 9.84. The maximum absolute atomic E-state index is 11.9. The number of rotatable bonds is 5. The van der Waals surface area contributed by atoms with Crippen molar-refractivity contribution in [3.8, 4) is 0 Å². The largest absolute Gasteiger partial charge is 0.355 e. The summed E-state index contributed by atoms with van der Waals surface area (Å²) in [6, 6.07) is 7.58. The molecule has 1 aromatic carbocycles. The van der Waals surface area contributed by atoms with E-state index in [2.05, 4.69) is 19.2 Å². The summed E-state index contributed by atoms with van der Waals surface area (Å²) in [4.78, 5) is 11.9. The first kappa shape index (κ1) is 16.0. The van der Waals surface area contributed by atoms with Gasteiger partial charge in [0.2, 0.25) is 5.91 Å². The second-order valence-corrected chi connectivity index (χ2v) is 6.20. The minimum Gasteiger partial charge on any atom is -0.355 e. The smallest absolute Gasteiger partial charge is 0.224 e. The molecule has 0 fully saturated rings. The van der Waals surface area contributed by atoms with Gasteiger partial charge < -0.3 is 11.1 Å². The summed E-state index contributed by atoms with van der Waals surface area (Å²) in [6.45, 7) is 8.40. The SMILES string of the molecule is CC(N)C(C)C(=O)NCC(C)(C)c1cccc(Cl)c1. The number of nitrogens with one attached hydrogen (secondary N) is 1. The summed E-state index contributed by atoms with van der Waals surface area (Å²) in [7, 11) is 0. The fourth-order valence-electron chi connectivity index (χ4n) is 1.72. The van der Waals surface area contributed by atoms with E-state index < -0.39 is 0 Å². The maximum atomic E-state index is 11.9. The number of benzene rings is 1. The lowest BCUT2D eigenvalue weighted by molar-refractivity contribution is -0.125. The Morgan fingerprint density at radius 3 is 2.58 bits per heavy atom. The van der Waals surface area contributed by atoms with Crippen molar-refractivity contribution in [1.29, 1.82) is 0 Å². The zero-order valence-electron chi connectivity index (χ0n) is 12.0. The maximum Gasteiger partial charge on any atom is 0.224 e. The van der Waals surface area contributed by atoms with Gasteiger partial charge in [0.25, 0.3) is 0 Å². The van der Waals surface area contributed by atoms with Crippen LogP contribution in [0.4, 0.5) is 0 Å². The van der Waals surface area contributed by atoms with Crippen LogP contribution in [0.1, 0.15) is 33.3 Å². The van der Waals surface area contributed by atoms with Gasteiger partial charge in [-0.3, -0.25) is 4.79 Å². The Bertz CT molecular complexity index is 444. The van der Waals surface area contributed by atoms with Gasteiger partial charge in [-0.1, -0.05) is 44.5 Å². The van der Waals surface area contributed by atoms with Crippen LogP contribution in [-0.2, 0) is 10.2 Å². The van der Waals surface area contributed by atoms with E-state index in [-0.39, 0.29) is 23.3 Å². The Morgan fingerprint density at radius 1 is 1.42 bits per heavy atom. The van der Waals surface area contributed by atoms with Crippen molar-refractivity contribution < 1.29 is 4.79 Å². The highest BCUT2D eigenvalue weighted by atomic mass is 35.5. The molecular weight excluding hydrogens is 260 g/mol. The summed E-state index contributed by atoms with van der Waals surface area (Å²) in [5, 5.41) is 3.67. The molecule has 2 atom stereocenters. The fraction of sp³-hybridized carbons (Fsp3) is 0.533. The van der Waals surface area contributed by atoms with Gasteiger partial charge in [-0.2, -0.15) is 0 Å². The molecule has 0 aromatic heterocycles. The highest BCUT2D eigenvalue weighted by molar-refractivity contribution is 6.30.